The third-order valence-corrected chi connectivity index (χ3v) is 3.14. The highest BCUT2D eigenvalue weighted by molar-refractivity contribution is 6.34. The van der Waals surface area contributed by atoms with E-state index in [2.05, 4.69) is 26.8 Å². The Balaban J connectivity index is 1.95. The van der Waals surface area contributed by atoms with Gasteiger partial charge in [0.1, 0.15) is 6.33 Å². The number of aromatic nitrogens is 2. The summed E-state index contributed by atoms with van der Waals surface area (Å²) in [6, 6.07) is 11.9. The zero-order valence-electron chi connectivity index (χ0n) is 12.5. The average Bonchev–Trinajstić information content (AvgIpc) is 2.54. The van der Waals surface area contributed by atoms with E-state index in [4.69, 9.17) is 0 Å². The van der Waals surface area contributed by atoms with Crippen molar-refractivity contribution in [1.82, 2.24) is 9.97 Å². The lowest BCUT2D eigenvalue weighted by atomic mass is 10.1. The summed E-state index contributed by atoms with van der Waals surface area (Å²) in [6.07, 6.45) is 2.99. The second-order valence-corrected chi connectivity index (χ2v) is 4.81. The Kier molecular flexibility index (Phi) is 5.77. The summed E-state index contributed by atoms with van der Waals surface area (Å²) in [6.45, 7) is 1.86. The number of hydrogen-bond donors (Lipinski definition) is 0. The lowest BCUT2D eigenvalue weighted by Gasteiger charge is -2.04. The Morgan fingerprint density at radius 2 is 1.77 bits per heavy atom. The molecule has 0 N–H and O–H groups in total. The molecular weight excluding hydrogens is 280 g/mol. The number of Topliss-reactive ketones (excluding diaryl/α,β-unsaturated/α-hetero) is 1. The number of benzene rings is 1. The van der Waals surface area contributed by atoms with Gasteiger partial charge in [-0.25, -0.2) is 14.8 Å². The molecule has 5 heteroatoms. The number of ketones is 1. The first-order valence-corrected chi connectivity index (χ1v) is 7.22. The van der Waals surface area contributed by atoms with Gasteiger partial charge in [-0.15, -0.1) is 0 Å². The number of ether oxygens (including phenoxy) is 1. The summed E-state index contributed by atoms with van der Waals surface area (Å²) in [5, 5.41) is 0. The standard InChI is InChI=1S/C17H18N2O3/c1-2-22-17(21)16(20)11-15-10-14(18-12-19-15)9-8-13-6-4-3-5-7-13/h3-7,10,12H,2,8-9,11H2,1H3. The van der Waals surface area contributed by atoms with Crippen LogP contribution in [0.5, 0.6) is 0 Å². The Morgan fingerprint density at radius 3 is 2.50 bits per heavy atom. The van der Waals surface area contributed by atoms with Crippen LogP contribution in [-0.4, -0.2) is 28.3 Å². The zero-order chi connectivity index (χ0) is 15.8. The molecule has 0 aliphatic carbocycles. The normalized spacial score (nSPS) is 10.2. The Bertz CT molecular complexity index is 641. The highest BCUT2D eigenvalue weighted by atomic mass is 16.5. The van der Waals surface area contributed by atoms with Crippen molar-refractivity contribution in [2.75, 3.05) is 6.61 Å². The van der Waals surface area contributed by atoms with E-state index in [9.17, 15) is 9.59 Å². The minimum atomic E-state index is -0.813. The molecule has 1 heterocycles. The maximum Gasteiger partial charge on any atom is 0.375 e. The second-order valence-electron chi connectivity index (χ2n) is 4.81. The van der Waals surface area contributed by atoms with E-state index in [1.165, 1.54) is 11.9 Å². The molecule has 0 fully saturated rings. The van der Waals surface area contributed by atoms with Crippen LogP contribution in [0.25, 0.3) is 0 Å². The molecular formula is C17H18N2O3. The molecule has 2 aromatic rings. The number of carbonyl (C=O) groups excluding carboxylic acids is 2. The molecule has 0 radical (unpaired) electrons. The van der Waals surface area contributed by atoms with E-state index in [1.807, 2.05) is 18.2 Å². The van der Waals surface area contributed by atoms with Crippen molar-refractivity contribution >= 4 is 11.8 Å². The zero-order valence-corrected chi connectivity index (χ0v) is 12.5. The highest BCUT2D eigenvalue weighted by Crippen LogP contribution is 2.07. The lowest BCUT2D eigenvalue weighted by Crippen LogP contribution is -2.20. The maximum absolute atomic E-state index is 11.7. The monoisotopic (exact) mass is 298 g/mol. The van der Waals surface area contributed by atoms with Crippen LogP contribution in [0.4, 0.5) is 0 Å². The minimum Gasteiger partial charge on any atom is -0.460 e. The van der Waals surface area contributed by atoms with Gasteiger partial charge < -0.3 is 4.74 Å². The third kappa shape index (κ3) is 4.77. The van der Waals surface area contributed by atoms with Crippen molar-refractivity contribution in [2.45, 2.75) is 26.2 Å². The molecule has 0 spiro atoms. The molecule has 0 saturated carbocycles. The summed E-state index contributed by atoms with van der Waals surface area (Å²) < 4.78 is 4.68. The van der Waals surface area contributed by atoms with Crippen molar-refractivity contribution < 1.29 is 14.3 Å². The molecule has 114 valence electrons. The van der Waals surface area contributed by atoms with Gasteiger partial charge in [-0.2, -0.15) is 0 Å². The Hall–Kier alpha value is -2.56. The van der Waals surface area contributed by atoms with Crippen molar-refractivity contribution in [3.8, 4) is 0 Å². The Morgan fingerprint density at radius 1 is 1.05 bits per heavy atom. The number of nitrogens with zero attached hydrogens (tertiary/aromatic N) is 2. The van der Waals surface area contributed by atoms with E-state index >= 15 is 0 Å². The van der Waals surface area contributed by atoms with Gasteiger partial charge in [0.2, 0.25) is 5.78 Å². The fraction of sp³-hybridized carbons (Fsp3) is 0.294. The van der Waals surface area contributed by atoms with E-state index in [0.29, 0.717) is 5.69 Å². The fourth-order valence-corrected chi connectivity index (χ4v) is 2.04. The van der Waals surface area contributed by atoms with Crippen LogP contribution in [0.3, 0.4) is 0 Å². The second kappa shape index (κ2) is 8.02. The molecule has 0 saturated heterocycles. The molecule has 0 aliphatic rings. The minimum absolute atomic E-state index is 0.0559. The smallest absolute Gasteiger partial charge is 0.375 e. The van der Waals surface area contributed by atoms with Gasteiger partial charge in [-0.1, -0.05) is 30.3 Å². The summed E-state index contributed by atoms with van der Waals surface area (Å²) in [5.41, 5.74) is 2.62. The molecule has 0 amide bonds. The van der Waals surface area contributed by atoms with Gasteiger partial charge in [-0.3, -0.25) is 4.79 Å². The van der Waals surface area contributed by atoms with Gasteiger partial charge >= 0.3 is 5.97 Å². The van der Waals surface area contributed by atoms with Crippen LogP contribution in [-0.2, 0) is 33.6 Å². The van der Waals surface area contributed by atoms with Crippen LogP contribution in [0, 0.1) is 0 Å². The first-order valence-electron chi connectivity index (χ1n) is 7.22. The molecule has 5 nitrogen and oxygen atoms in total. The van der Waals surface area contributed by atoms with Crippen LogP contribution >= 0.6 is 0 Å². The van der Waals surface area contributed by atoms with Crippen molar-refractivity contribution in [3.63, 3.8) is 0 Å². The number of hydrogen-bond acceptors (Lipinski definition) is 5. The van der Waals surface area contributed by atoms with Gasteiger partial charge in [-0.05, 0) is 31.4 Å². The number of rotatable bonds is 7. The fourth-order valence-electron chi connectivity index (χ4n) is 2.04. The van der Waals surface area contributed by atoms with Gasteiger partial charge in [0.15, 0.2) is 0 Å². The predicted molar refractivity (Wildman–Crippen MR) is 81.2 cm³/mol. The van der Waals surface area contributed by atoms with E-state index in [0.717, 1.165) is 18.5 Å². The van der Waals surface area contributed by atoms with Crippen LogP contribution in [0.1, 0.15) is 23.9 Å². The van der Waals surface area contributed by atoms with Gasteiger partial charge in [0.05, 0.1) is 18.7 Å². The molecule has 0 atom stereocenters. The van der Waals surface area contributed by atoms with Crippen molar-refractivity contribution in [3.05, 3.63) is 59.7 Å². The molecule has 1 aromatic heterocycles. The van der Waals surface area contributed by atoms with E-state index < -0.39 is 11.8 Å². The number of esters is 1. The van der Waals surface area contributed by atoms with Crippen molar-refractivity contribution in [1.29, 1.82) is 0 Å². The van der Waals surface area contributed by atoms with Gasteiger partial charge in [0.25, 0.3) is 0 Å². The van der Waals surface area contributed by atoms with Gasteiger partial charge in [0, 0.05) is 5.69 Å². The average molecular weight is 298 g/mol. The molecule has 0 unspecified atom stereocenters. The number of aryl methyl sites for hydroxylation is 2. The maximum atomic E-state index is 11.7. The molecule has 0 bridgehead atoms. The topological polar surface area (TPSA) is 69.2 Å². The van der Waals surface area contributed by atoms with Crippen LogP contribution in [0.15, 0.2) is 42.7 Å². The highest BCUT2D eigenvalue weighted by Gasteiger charge is 2.16. The predicted octanol–water partition coefficient (Wildman–Crippen LogP) is 1.94. The SMILES string of the molecule is CCOC(=O)C(=O)Cc1cc(CCc2ccccc2)ncn1. The largest absolute Gasteiger partial charge is 0.460 e. The molecule has 1 aromatic carbocycles. The number of carbonyl (C=O) groups is 2. The van der Waals surface area contributed by atoms with Crippen LogP contribution in [0.2, 0.25) is 0 Å². The van der Waals surface area contributed by atoms with Crippen LogP contribution < -0.4 is 0 Å². The van der Waals surface area contributed by atoms with E-state index in [1.54, 1.807) is 13.0 Å². The quantitative estimate of drug-likeness (QED) is 0.577. The van der Waals surface area contributed by atoms with E-state index in [-0.39, 0.29) is 13.0 Å². The third-order valence-electron chi connectivity index (χ3n) is 3.14. The molecule has 2 rings (SSSR count). The summed E-state index contributed by atoms with van der Waals surface area (Å²) >= 11 is 0. The lowest BCUT2D eigenvalue weighted by molar-refractivity contribution is -0.153. The molecule has 0 aliphatic heterocycles. The first kappa shape index (κ1) is 15.8. The summed E-state index contributed by atoms with van der Waals surface area (Å²) in [4.78, 5) is 31.2. The molecule has 22 heavy (non-hydrogen) atoms. The van der Waals surface area contributed by atoms with Crippen molar-refractivity contribution in [2.24, 2.45) is 0 Å². The summed E-state index contributed by atoms with van der Waals surface area (Å²) in [5.74, 6) is -1.40. The Labute approximate surface area is 129 Å². The first-order chi connectivity index (χ1) is 10.7. The summed E-state index contributed by atoms with van der Waals surface area (Å²) in [7, 11) is 0.